The summed E-state index contributed by atoms with van der Waals surface area (Å²) in [5.41, 5.74) is 2.33. The smallest absolute Gasteiger partial charge is 0.192 e. The Morgan fingerprint density at radius 3 is 2.63 bits per heavy atom. The van der Waals surface area contributed by atoms with Gasteiger partial charge in [-0.2, -0.15) is 5.26 Å². The maximum Gasteiger partial charge on any atom is 0.192 e. The Balaban J connectivity index is 1.64. The van der Waals surface area contributed by atoms with Crippen molar-refractivity contribution < 1.29 is 4.74 Å². The van der Waals surface area contributed by atoms with E-state index in [0.717, 1.165) is 5.56 Å². The third-order valence-corrected chi connectivity index (χ3v) is 5.49. The van der Waals surface area contributed by atoms with E-state index in [9.17, 15) is 5.26 Å². The van der Waals surface area contributed by atoms with E-state index < -0.39 is 0 Å². The first-order valence-corrected chi connectivity index (χ1v) is 9.70. The number of hydrogen-bond acceptors (Lipinski definition) is 5. The van der Waals surface area contributed by atoms with Crippen molar-refractivity contribution in [2.24, 2.45) is 7.05 Å². The average molecular weight is 399 g/mol. The molecule has 5 nitrogen and oxygen atoms in total. The second-order valence-corrected chi connectivity index (χ2v) is 7.68. The standard InChI is InChI=1S/C20H19ClN4OS/c1-14-7-9-15(10-8-14)11-16(12-22)27-20-24-23-19(25(20)2)13-26-18-6-4-3-5-17(18)21/h3-10,16H,11,13H2,1-2H3/t16-/m1/s1. The van der Waals surface area contributed by atoms with Crippen molar-refractivity contribution in [2.45, 2.75) is 30.4 Å². The highest BCUT2D eigenvalue weighted by Gasteiger charge is 2.17. The molecule has 0 spiro atoms. The summed E-state index contributed by atoms with van der Waals surface area (Å²) >= 11 is 7.51. The van der Waals surface area contributed by atoms with Gasteiger partial charge in [0.2, 0.25) is 0 Å². The second-order valence-electron chi connectivity index (χ2n) is 6.10. The van der Waals surface area contributed by atoms with Gasteiger partial charge in [0.25, 0.3) is 0 Å². The Morgan fingerprint density at radius 1 is 1.19 bits per heavy atom. The van der Waals surface area contributed by atoms with E-state index in [1.807, 2.05) is 36.7 Å². The predicted molar refractivity (Wildman–Crippen MR) is 107 cm³/mol. The van der Waals surface area contributed by atoms with Gasteiger partial charge in [0.15, 0.2) is 11.0 Å². The molecule has 0 aliphatic rings. The number of halogens is 1. The molecular weight excluding hydrogens is 380 g/mol. The Bertz CT molecular complexity index is 949. The van der Waals surface area contributed by atoms with Crippen LogP contribution in [0.15, 0.2) is 53.7 Å². The average Bonchev–Trinajstić information content (AvgIpc) is 3.02. The zero-order valence-electron chi connectivity index (χ0n) is 15.1. The molecule has 3 aromatic rings. The maximum absolute atomic E-state index is 9.52. The van der Waals surface area contributed by atoms with Crippen molar-refractivity contribution in [1.29, 1.82) is 5.26 Å². The van der Waals surface area contributed by atoms with Crippen molar-refractivity contribution in [3.8, 4) is 11.8 Å². The first-order chi connectivity index (χ1) is 13.1. The topological polar surface area (TPSA) is 63.7 Å². The number of aromatic nitrogens is 3. The molecule has 0 saturated carbocycles. The van der Waals surface area contributed by atoms with Crippen LogP contribution in [-0.2, 0) is 20.1 Å². The van der Waals surface area contributed by atoms with Gasteiger partial charge >= 0.3 is 0 Å². The fraction of sp³-hybridized carbons (Fsp3) is 0.250. The molecule has 3 rings (SSSR count). The van der Waals surface area contributed by atoms with Crippen molar-refractivity contribution in [1.82, 2.24) is 14.8 Å². The van der Waals surface area contributed by atoms with E-state index in [4.69, 9.17) is 16.3 Å². The van der Waals surface area contributed by atoms with Crippen molar-refractivity contribution in [2.75, 3.05) is 0 Å². The Hall–Kier alpha value is -2.49. The molecule has 138 valence electrons. The molecule has 27 heavy (non-hydrogen) atoms. The van der Waals surface area contributed by atoms with Gasteiger partial charge in [-0.1, -0.05) is 65.3 Å². The molecule has 0 aliphatic carbocycles. The minimum absolute atomic E-state index is 0.243. The van der Waals surface area contributed by atoms with E-state index in [1.165, 1.54) is 17.3 Å². The number of para-hydroxylation sites is 1. The van der Waals surface area contributed by atoms with Crippen LogP contribution in [0.3, 0.4) is 0 Å². The van der Waals surface area contributed by atoms with Crippen LogP contribution in [0.4, 0.5) is 0 Å². The molecule has 0 radical (unpaired) electrons. The van der Waals surface area contributed by atoms with Gasteiger partial charge in [0.1, 0.15) is 17.6 Å². The lowest BCUT2D eigenvalue weighted by molar-refractivity contribution is 0.290. The summed E-state index contributed by atoms with van der Waals surface area (Å²) in [7, 11) is 1.87. The van der Waals surface area contributed by atoms with E-state index in [-0.39, 0.29) is 11.9 Å². The summed E-state index contributed by atoms with van der Waals surface area (Å²) < 4.78 is 7.57. The number of hydrogen-bond donors (Lipinski definition) is 0. The summed E-state index contributed by atoms with van der Waals surface area (Å²) in [6, 6.07) is 17.9. The van der Waals surface area contributed by atoms with E-state index in [2.05, 4.69) is 40.5 Å². The predicted octanol–water partition coefficient (Wildman–Crippen LogP) is 4.58. The lowest BCUT2D eigenvalue weighted by Crippen LogP contribution is -2.08. The minimum atomic E-state index is -0.243. The lowest BCUT2D eigenvalue weighted by atomic mass is 10.1. The third kappa shape index (κ3) is 5.03. The number of nitriles is 1. The van der Waals surface area contributed by atoms with Gasteiger partial charge in [0, 0.05) is 7.05 Å². The molecule has 0 N–H and O–H groups in total. The van der Waals surface area contributed by atoms with Gasteiger partial charge < -0.3 is 9.30 Å². The molecule has 0 saturated heterocycles. The SMILES string of the molecule is Cc1ccc(C[C@H](C#N)Sc2nnc(COc3ccccc3Cl)n2C)cc1. The summed E-state index contributed by atoms with van der Waals surface area (Å²) in [6.45, 7) is 2.30. The third-order valence-electron chi connectivity index (χ3n) is 4.05. The second kappa shape index (κ2) is 8.94. The van der Waals surface area contributed by atoms with Gasteiger partial charge in [-0.05, 0) is 31.0 Å². The number of thioether (sulfide) groups is 1. The lowest BCUT2D eigenvalue weighted by Gasteiger charge is -2.10. The first-order valence-electron chi connectivity index (χ1n) is 8.44. The van der Waals surface area contributed by atoms with E-state index in [0.29, 0.717) is 28.2 Å². The fourth-order valence-corrected chi connectivity index (χ4v) is 3.58. The molecule has 1 aromatic heterocycles. The van der Waals surface area contributed by atoms with Crippen LogP contribution in [-0.4, -0.2) is 20.0 Å². The van der Waals surface area contributed by atoms with Crippen molar-refractivity contribution in [3.05, 3.63) is 70.5 Å². The highest BCUT2D eigenvalue weighted by molar-refractivity contribution is 8.00. The number of rotatable bonds is 7. The summed E-state index contributed by atoms with van der Waals surface area (Å²) in [6.07, 6.45) is 0.653. The summed E-state index contributed by atoms with van der Waals surface area (Å²) in [5.74, 6) is 1.27. The Kier molecular flexibility index (Phi) is 6.38. The van der Waals surface area contributed by atoms with Gasteiger partial charge in [0.05, 0.1) is 11.1 Å². The molecule has 0 aliphatic heterocycles. The number of ether oxygens (including phenoxy) is 1. The minimum Gasteiger partial charge on any atom is -0.484 e. The zero-order valence-corrected chi connectivity index (χ0v) is 16.7. The monoisotopic (exact) mass is 398 g/mol. The number of nitrogens with zero attached hydrogens (tertiary/aromatic N) is 4. The van der Waals surface area contributed by atoms with Crippen LogP contribution >= 0.6 is 23.4 Å². The summed E-state index contributed by atoms with van der Waals surface area (Å²) in [5, 5.41) is 18.9. The maximum atomic E-state index is 9.52. The molecule has 7 heteroatoms. The first kappa shape index (κ1) is 19.3. The molecule has 1 atom stereocenters. The molecule has 2 aromatic carbocycles. The molecule has 0 unspecified atom stereocenters. The van der Waals surface area contributed by atoms with Crippen molar-refractivity contribution in [3.63, 3.8) is 0 Å². The van der Waals surface area contributed by atoms with Gasteiger partial charge in [-0.15, -0.1) is 10.2 Å². The quantitative estimate of drug-likeness (QED) is 0.545. The Labute approximate surface area is 167 Å². The van der Waals surface area contributed by atoms with Crippen LogP contribution in [0.2, 0.25) is 5.02 Å². The normalized spacial score (nSPS) is 11.8. The van der Waals surface area contributed by atoms with Gasteiger partial charge in [-0.25, -0.2) is 0 Å². The fourth-order valence-electron chi connectivity index (χ4n) is 2.46. The number of aryl methyl sites for hydroxylation is 1. The highest BCUT2D eigenvalue weighted by Crippen LogP contribution is 2.26. The zero-order chi connectivity index (χ0) is 19.2. The van der Waals surface area contributed by atoms with E-state index >= 15 is 0 Å². The van der Waals surface area contributed by atoms with Gasteiger partial charge in [-0.3, -0.25) is 0 Å². The van der Waals surface area contributed by atoms with Crippen LogP contribution in [0.25, 0.3) is 0 Å². The van der Waals surface area contributed by atoms with Crippen LogP contribution in [0.5, 0.6) is 5.75 Å². The molecule has 0 bridgehead atoms. The molecule has 1 heterocycles. The molecular formula is C20H19ClN4OS. The van der Waals surface area contributed by atoms with Crippen LogP contribution in [0, 0.1) is 18.3 Å². The molecule has 0 amide bonds. The largest absolute Gasteiger partial charge is 0.484 e. The van der Waals surface area contributed by atoms with E-state index in [1.54, 1.807) is 6.07 Å². The van der Waals surface area contributed by atoms with Crippen LogP contribution < -0.4 is 4.74 Å². The number of benzene rings is 2. The Morgan fingerprint density at radius 2 is 1.93 bits per heavy atom. The summed E-state index contributed by atoms with van der Waals surface area (Å²) in [4.78, 5) is 0. The molecule has 0 fully saturated rings. The highest BCUT2D eigenvalue weighted by atomic mass is 35.5. The van der Waals surface area contributed by atoms with Crippen molar-refractivity contribution >= 4 is 23.4 Å². The van der Waals surface area contributed by atoms with Crippen LogP contribution in [0.1, 0.15) is 17.0 Å².